The Morgan fingerprint density at radius 1 is 1.00 bits per heavy atom. The molecule has 1 heterocycles. The molecule has 0 radical (unpaired) electrons. The average Bonchev–Trinajstić information content (AvgIpc) is 2.27. The van der Waals surface area contributed by atoms with E-state index in [0.717, 1.165) is 0 Å². The van der Waals surface area contributed by atoms with Crippen LogP contribution in [0.4, 0.5) is 0 Å². The number of nitrogens with one attached hydrogen (secondary N) is 1. The van der Waals surface area contributed by atoms with E-state index < -0.39 is 0 Å². The van der Waals surface area contributed by atoms with Crippen LogP contribution in [0.25, 0.3) is 10.9 Å². The van der Waals surface area contributed by atoms with E-state index in [9.17, 15) is 0 Å². The van der Waals surface area contributed by atoms with Crippen LogP contribution in [-0.2, 0) is 24.7 Å². The Labute approximate surface area is 111 Å². The van der Waals surface area contributed by atoms with E-state index >= 15 is 0 Å². The summed E-state index contributed by atoms with van der Waals surface area (Å²) in [6.45, 7) is 0. The van der Waals surface area contributed by atoms with E-state index in [4.69, 9.17) is 0 Å². The number of benzene rings is 1. The van der Waals surface area contributed by atoms with Crippen molar-refractivity contribution in [2.24, 2.45) is 0 Å². The summed E-state index contributed by atoms with van der Waals surface area (Å²) in [5.41, 5.74) is 1.24. The number of hydrogen-bond acceptors (Lipinski definition) is 0. The summed E-state index contributed by atoms with van der Waals surface area (Å²) in [7, 11) is 0. The zero-order valence-corrected chi connectivity index (χ0v) is 11.2. The molecular weight excluding hydrogens is 308 g/mol. The van der Waals surface area contributed by atoms with Crippen LogP contribution in [0.3, 0.4) is 0 Å². The van der Waals surface area contributed by atoms with Crippen LogP contribution in [0.1, 0.15) is 0 Å². The van der Waals surface area contributed by atoms with Crippen molar-refractivity contribution in [3.8, 4) is 0 Å². The summed E-state index contributed by atoms with van der Waals surface area (Å²) in [6, 6.07) is 10.5. The van der Waals surface area contributed by atoms with Crippen LogP contribution >= 0.6 is 0 Å². The van der Waals surface area contributed by atoms with Crippen LogP contribution < -0.4 is 40.6 Å². The molecule has 0 spiro atoms. The predicted octanol–water partition coefficient (Wildman–Crippen LogP) is -7.65. The Hall–Kier alpha value is 0.513. The molecule has 2 rings (SSSR count). The molecule has 0 amide bonds. The minimum atomic E-state index is 0. The standard InChI is InChI=1S/C8H6N.3ClH.Zr/c1-2-4-8-7(3-1)5-6-9-8;;;;/h1-5,9H;3*1H;/q;;;;+3/p-3. The zero-order valence-electron chi connectivity index (χ0n) is 6.52. The number of hydrogen-bond donors (Lipinski definition) is 1. The van der Waals surface area contributed by atoms with Gasteiger partial charge < -0.3 is 37.2 Å². The number of aromatic amines is 1. The monoisotopic (exact) mass is 311 g/mol. The Morgan fingerprint density at radius 3 is 2.23 bits per heavy atom. The molecule has 0 saturated carbocycles. The Bertz CT molecular complexity index is 328. The molecule has 1 aromatic heterocycles. The van der Waals surface area contributed by atoms with Gasteiger partial charge in [0.2, 0.25) is 0 Å². The molecule has 0 unspecified atom stereocenters. The summed E-state index contributed by atoms with van der Waals surface area (Å²) in [6.07, 6.45) is 0. The minimum absolute atomic E-state index is 0. The second-order valence-corrected chi connectivity index (χ2v) is 3.59. The van der Waals surface area contributed by atoms with Gasteiger partial charge in [-0.1, -0.05) is 0 Å². The van der Waals surface area contributed by atoms with Gasteiger partial charge in [0.1, 0.15) is 0 Å². The SMILES string of the molecule is [Cl-].[Cl-].[Cl-].[Zr+3][c]1cc2ccccc2[nH]1. The number of fused-ring (bicyclic) bond motifs is 1. The van der Waals surface area contributed by atoms with E-state index in [2.05, 4.69) is 29.2 Å². The summed E-state index contributed by atoms with van der Waals surface area (Å²) in [4.78, 5) is 3.30. The first-order valence-electron chi connectivity index (χ1n) is 3.15. The fraction of sp³-hybridized carbons (Fsp3) is 0. The number of H-pyrrole nitrogens is 1. The van der Waals surface area contributed by atoms with Crippen molar-refractivity contribution < 1.29 is 61.9 Å². The van der Waals surface area contributed by atoms with E-state index in [-0.39, 0.29) is 37.2 Å². The molecule has 0 atom stereocenters. The third-order valence-electron chi connectivity index (χ3n) is 1.53. The number of para-hydroxylation sites is 1. The van der Waals surface area contributed by atoms with Gasteiger partial charge >= 0.3 is 74.3 Å². The molecule has 0 saturated heterocycles. The van der Waals surface area contributed by atoms with Gasteiger partial charge in [-0.25, -0.2) is 0 Å². The summed E-state index contributed by atoms with van der Waals surface area (Å²) >= 11 is 1.45. The van der Waals surface area contributed by atoms with Crippen LogP contribution in [0, 0.1) is 0 Å². The summed E-state index contributed by atoms with van der Waals surface area (Å²) < 4.78 is 1.31. The maximum absolute atomic E-state index is 3.30. The van der Waals surface area contributed by atoms with Crippen LogP contribution in [0.5, 0.6) is 0 Å². The molecule has 1 aromatic carbocycles. The van der Waals surface area contributed by atoms with E-state index in [1.807, 2.05) is 6.07 Å². The van der Waals surface area contributed by atoms with Crippen molar-refractivity contribution in [3.63, 3.8) is 0 Å². The summed E-state index contributed by atoms with van der Waals surface area (Å²) in [5, 5.41) is 1.31. The van der Waals surface area contributed by atoms with Gasteiger partial charge in [0.05, 0.1) is 0 Å². The van der Waals surface area contributed by atoms with E-state index in [1.54, 1.807) is 0 Å². The first kappa shape index (κ1) is 16.0. The summed E-state index contributed by atoms with van der Waals surface area (Å²) in [5.74, 6) is 0. The topological polar surface area (TPSA) is 15.8 Å². The van der Waals surface area contributed by atoms with E-state index in [1.165, 1.54) is 39.0 Å². The maximum atomic E-state index is 3.30. The van der Waals surface area contributed by atoms with Crippen molar-refractivity contribution >= 4 is 14.3 Å². The van der Waals surface area contributed by atoms with Gasteiger partial charge in [0, 0.05) is 0 Å². The Balaban J connectivity index is 0. The van der Waals surface area contributed by atoms with Crippen molar-refractivity contribution in [1.29, 1.82) is 0 Å². The molecule has 68 valence electrons. The van der Waals surface area contributed by atoms with Crippen LogP contribution in [0.2, 0.25) is 0 Å². The van der Waals surface area contributed by atoms with Gasteiger partial charge in [-0.2, -0.15) is 0 Å². The molecule has 2 aromatic rings. The molecule has 1 N–H and O–H groups in total. The van der Waals surface area contributed by atoms with Gasteiger partial charge in [0.15, 0.2) is 0 Å². The number of halogens is 3. The molecule has 0 aliphatic rings. The first-order chi connectivity index (χ1) is 4.86. The Morgan fingerprint density at radius 2 is 1.62 bits per heavy atom. The molecule has 0 fully saturated rings. The van der Waals surface area contributed by atoms with Crippen molar-refractivity contribution in [1.82, 2.24) is 4.98 Å². The van der Waals surface area contributed by atoms with Gasteiger partial charge in [-0.05, 0) is 0 Å². The molecule has 13 heavy (non-hydrogen) atoms. The Kier molecular flexibility index (Phi) is 8.46. The van der Waals surface area contributed by atoms with Crippen molar-refractivity contribution in [2.45, 2.75) is 0 Å². The molecule has 5 heteroatoms. The number of aromatic nitrogens is 1. The third-order valence-corrected chi connectivity index (χ3v) is 2.19. The molecule has 0 aliphatic carbocycles. The fourth-order valence-electron chi connectivity index (χ4n) is 1.07. The molecule has 0 aliphatic heterocycles. The second kappa shape index (κ2) is 6.89. The van der Waals surface area contributed by atoms with E-state index in [0.29, 0.717) is 0 Å². The second-order valence-electron chi connectivity index (χ2n) is 2.27. The van der Waals surface area contributed by atoms with Crippen molar-refractivity contribution in [3.05, 3.63) is 30.3 Å². The van der Waals surface area contributed by atoms with Gasteiger partial charge in [-0.15, -0.1) is 0 Å². The zero-order chi connectivity index (χ0) is 6.97. The first-order valence-corrected chi connectivity index (χ1v) is 4.38. The van der Waals surface area contributed by atoms with Gasteiger partial charge in [-0.3, -0.25) is 0 Å². The fourth-order valence-corrected chi connectivity index (χ4v) is 1.79. The average molecular weight is 314 g/mol. The molecule has 0 bridgehead atoms. The molecule has 1 nitrogen and oxygen atoms in total. The normalized spacial score (nSPS) is 8.15. The number of rotatable bonds is 0. The third kappa shape index (κ3) is 3.63. The van der Waals surface area contributed by atoms with Crippen LogP contribution in [0.15, 0.2) is 30.3 Å². The molecular formula is C8H6Cl3NZr. The quantitative estimate of drug-likeness (QED) is 0.497. The predicted molar refractivity (Wildman–Crippen MR) is 37.9 cm³/mol. The van der Waals surface area contributed by atoms with Crippen molar-refractivity contribution in [2.75, 3.05) is 0 Å². The van der Waals surface area contributed by atoms with Crippen LogP contribution in [-0.4, -0.2) is 4.98 Å². The van der Waals surface area contributed by atoms with Gasteiger partial charge in [0.25, 0.3) is 0 Å².